The first kappa shape index (κ1) is 8.04. The van der Waals surface area contributed by atoms with E-state index in [4.69, 9.17) is 4.74 Å². The SMILES string of the molecule is CCCOc1nc2ncccc2[nH]1. The Hall–Kier alpha value is -1.58. The Morgan fingerprint density at radius 3 is 3.23 bits per heavy atom. The minimum Gasteiger partial charge on any atom is -0.465 e. The second-order valence-electron chi connectivity index (χ2n) is 2.76. The van der Waals surface area contributed by atoms with Gasteiger partial charge in [-0.15, -0.1) is 0 Å². The van der Waals surface area contributed by atoms with Crippen molar-refractivity contribution in [3.05, 3.63) is 18.3 Å². The molecule has 2 rings (SSSR count). The summed E-state index contributed by atoms with van der Waals surface area (Å²) in [5, 5.41) is 0. The number of hydrogen-bond donors (Lipinski definition) is 1. The van der Waals surface area contributed by atoms with E-state index in [2.05, 4.69) is 21.9 Å². The molecule has 2 aromatic rings. The van der Waals surface area contributed by atoms with E-state index in [1.54, 1.807) is 6.20 Å². The highest BCUT2D eigenvalue weighted by Gasteiger charge is 2.01. The summed E-state index contributed by atoms with van der Waals surface area (Å²) in [4.78, 5) is 11.3. The molecule has 0 amide bonds. The van der Waals surface area contributed by atoms with Gasteiger partial charge in [-0.1, -0.05) is 6.92 Å². The highest BCUT2D eigenvalue weighted by Crippen LogP contribution is 2.12. The first-order valence-corrected chi connectivity index (χ1v) is 4.33. The normalized spacial score (nSPS) is 10.5. The van der Waals surface area contributed by atoms with Crippen molar-refractivity contribution >= 4 is 11.2 Å². The molecule has 68 valence electrons. The molecular weight excluding hydrogens is 166 g/mol. The van der Waals surface area contributed by atoms with Crippen LogP contribution in [0.4, 0.5) is 0 Å². The lowest BCUT2D eigenvalue weighted by molar-refractivity contribution is 0.296. The van der Waals surface area contributed by atoms with Crippen LogP contribution in [0.15, 0.2) is 18.3 Å². The van der Waals surface area contributed by atoms with Crippen molar-refractivity contribution in [2.24, 2.45) is 0 Å². The molecule has 2 heterocycles. The summed E-state index contributed by atoms with van der Waals surface area (Å²) in [6.45, 7) is 2.74. The lowest BCUT2D eigenvalue weighted by Gasteiger charge is -1.96. The Kier molecular flexibility index (Phi) is 2.12. The molecule has 0 unspecified atom stereocenters. The van der Waals surface area contributed by atoms with Gasteiger partial charge in [0.15, 0.2) is 5.65 Å². The van der Waals surface area contributed by atoms with E-state index < -0.39 is 0 Å². The average molecular weight is 177 g/mol. The van der Waals surface area contributed by atoms with Crippen molar-refractivity contribution in [3.8, 4) is 6.01 Å². The Morgan fingerprint density at radius 2 is 2.46 bits per heavy atom. The van der Waals surface area contributed by atoms with Gasteiger partial charge < -0.3 is 9.72 Å². The van der Waals surface area contributed by atoms with E-state index in [0.717, 1.165) is 11.9 Å². The van der Waals surface area contributed by atoms with Crippen LogP contribution in [-0.4, -0.2) is 21.6 Å². The summed E-state index contributed by atoms with van der Waals surface area (Å²) in [5.74, 6) is 0. The maximum Gasteiger partial charge on any atom is 0.296 e. The fraction of sp³-hybridized carbons (Fsp3) is 0.333. The molecule has 0 fully saturated rings. The predicted molar refractivity (Wildman–Crippen MR) is 49.7 cm³/mol. The molecular formula is C9H11N3O. The van der Waals surface area contributed by atoms with Crippen molar-refractivity contribution in [1.29, 1.82) is 0 Å². The van der Waals surface area contributed by atoms with E-state index >= 15 is 0 Å². The van der Waals surface area contributed by atoms with Gasteiger partial charge in [-0.2, -0.15) is 4.98 Å². The van der Waals surface area contributed by atoms with Crippen LogP contribution in [0.5, 0.6) is 6.01 Å². The molecule has 0 saturated heterocycles. The van der Waals surface area contributed by atoms with Gasteiger partial charge in [0.05, 0.1) is 12.1 Å². The van der Waals surface area contributed by atoms with Gasteiger partial charge in [-0.3, -0.25) is 0 Å². The summed E-state index contributed by atoms with van der Waals surface area (Å²) < 4.78 is 5.33. The van der Waals surface area contributed by atoms with Crippen LogP contribution in [0, 0.1) is 0 Å². The van der Waals surface area contributed by atoms with Gasteiger partial charge in [0.25, 0.3) is 6.01 Å². The number of pyridine rings is 1. The number of H-pyrrole nitrogens is 1. The first-order chi connectivity index (χ1) is 6.40. The average Bonchev–Trinajstić information content (AvgIpc) is 2.57. The number of hydrogen-bond acceptors (Lipinski definition) is 3. The number of ether oxygens (including phenoxy) is 1. The lowest BCUT2D eigenvalue weighted by atomic mass is 10.4. The van der Waals surface area contributed by atoms with Gasteiger partial charge >= 0.3 is 0 Å². The van der Waals surface area contributed by atoms with Crippen LogP contribution in [0.3, 0.4) is 0 Å². The van der Waals surface area contributed by atoms with Crippen LogP contribution in [0.1, 0.15) is 13.3 Å². The van der Waals surface area contributed by atoms with Crippen LogP contribution >= 0.6 is 0 Å². The van der Waals surface area contributed by atoms with Gasteiger partial charge in [0, 0.05) is 6.20 Å². The standard InChI is InChI=1S/C9H11N3O/c1-2-6-13-9-11-7-4-3-5-10-8(7)12-9/h3-5H,2,6H2,1H3,(H,10,11,12). The van der Waals surface area contributed by atoms with Gasteiger partial charge in [-0.25, -0.2) is 4.98 Å². The van der Waals surface area contributed by atoms with Gasteiger partial charge in [0.1, 0.15) is 0 Å². The molecule has 4 nitrogen and oxygen atoms in total. The summed E-state index contributed by atoms with van der Waals surface area (Å²) in [6, 6.07) is 4.34. The van der Waals surface area contributed by atoms with E-state index in [1.807, 2.05) is 12.1 Å². The van der Waals surface area contributed by atoms with Gasteiger partial charge in [0.2, 0.25) is 0 Å². The van der Waals surface area contributed by atoms with Crippen LogP contribution in [0.2, 0.25) is 0 Å². The molecule has 0 aliphatic heterocycles. The number of aromatic nitrogens is 3. The molecule has 13 heavy (non-hydrogen) atoms. The summed E-state index contributed by atoms with van der Waals surface area (Å²) in [6.07, 6.45) is 2.69. The topological polar surface area (TPSA) is 50.8 Å². The number of nitrogens with one attached hydrogen (secondary N) is 1. The van der Waals surface area contributed by atoms with E-state index in [1.165, 1.54) is 0 Å². The number of fused-ring (bicyclic) bond motifs is 1. The minimum atomic E-state index is 0.551. The highest BCUT2D eigenvalue weighted by molar-refractivity contribution is 5.70. The maximum atomic E-state index is 5.33. The lowest BCUT2D eigenvalue weighted by Crippen LogP contribution is -1.95. The number of imidazole rings is 1. The molecule has 0 aromatic carbocycles. The fourth-order valence-corrected chi connectivity index (χ4v) is 1.09. The quantitative estimate of drug-likeness (QED) is 0.777. The molecule has 1 N–H and O–H groups in total. The Labute approximate surface area is 76.0 Å². The summed E-state index contributed by atoms with van der Waals surface area (Å²) in [7, 11) is 0. The second-order valence-corrected chi connectivity index (χ2v) is 2.76. The van der Waals surface area contributed by atoms with Crippen molar-refractivity contribution in [2.45, 2.75) is 13.3 Å². The third kappa shape index (κ3) is 1.61. The third-order valence-electron chi connectivity index (χ3n) is 1.68. The molecule has 0 atom stereocenters. The van der Waals surface area contributed by atoms with Crippen LogP contribution < -0.4 is 4.74 Å². The van der Waals surface area contributed by atoms with Crippen molar-refractivity contribution in [3.63, 3.8) is 0 Å². The summed E-state index contributed by atoms with van der Waals surface area (Å²) >= 11 is 0. The summed E-state index contributed by atoms with van der Waals surface area (Å²) in [5.41, 5.74) is 1.61. The smallest absolute Gasteiger partial charge is 0.296 e. The Balaban J connectivity index is 2.28. The minimum absolute atomic E-state index is 0.551. The van der Waals surface area contributed by atoms with Crippen molar-refractivity contribution in [1.82, 2.24) is 15.0 Å². The molecule has 0 spiro atoms. The number of nitrogens with zero attached hydrogens (tertiary/aromatic N) is 2. The molecule has 4 heteroatoms. The fourth-order valence-electron chi connectivity index (χ4n) is 1.09. The number of aromatic amines is 1. The molecule has 2 aromatic heterocycles. The third-order valence-corrected chi connectivity index (χ3v) is 1.68. The number of rotatable bonds is 3. The van der Waals surface area contributed by atoms with E-state index in [0.29, 0.717) is 18.3 Å². The largest absolute Gasteiger partial charge is 0.465 e. The predicted octanol–water partition coefficient (Wildman–Crippen LogP) is 1.75. The molecule has 0 aliphatic rings. The Morgan fingerprint density at radius 1 is 1.54 bits per heavy atom. The molecule has 0 bridgehead atoms. The zero-order valence-electron chi connectivity index (χ0n) is 7.45. The van der Waals surface area contributed by atoms with Crippen molar-refractivity contribution < 1.29 is 4.74 Å². The van der Waals surface area contributed by atoms with E-state index in [9.17, 15) is 0 Å². The highest BCUT2D eigenvalue weighted by atomic mass is 16.5. The van der Waals surface area contributed by atoms with Crippen LogP contribution in [-0.2, 0) is 0 Å². The zero-order valence-corrected chi connectivity index (χ0v) is 7.45. The van der Waals surface area contributed by atoms with E-state index in [-0.39, 0.29) is 0 Å². The molecule has 0 radical (unpaired) electrons. The Bertz CT molecular complexity index is 363. The molecule has 0 aliphatic carbocycles. The zero-order chi connectivity index (χ0) is 9.10. The second kappa shape index (κ2) is 3.43. The van der Waals surface area contributed by atoms with Gasteiger partial charge in [-0.05, 0) is 18.6 Å². The molecule has 0 saturated carbocycles. The van der Waals surface area contributed by atoms with Crippen LogP contribution in [0.25, 0.3) is 11.2 Å². The maximum absolute atomic E-state index is 5.33. The first-order valence-electron chi connectivity index (χ1n) is 4.33. The monoisotopic (exact) mass is 177 g/mol. The van der Waals surface area contributed by atoms with Crippen molar-refractivity contribution in [2.75, 3.05) is 6.61 Å².